The molecule has 1 heterocycles. The summed E-state index contributed by atoms with van der Waals surface area (Å²) in [7, 11) is 0. The number of thioether (sulfide) groups is 1. The number of anilines is 1. The highest BCUT2D eigenvalue weighted by molar-refractivity contribution is 7.99. The van der Waals surface area contributed by atoms with Crippen molar-refractivity contribution < 1.29 is 10.0 Å². The second-order valence-electron chi connectivity index (χ2n) is 4.00. The Morgan fingerprint density at radius 2 is 2.33 bits per heavy atom. The van der Waals surface area contributed by atoms with Gasteiger partial charge >= 0.3 is 0 Å². The number of nitrogens with zero attached hydrogens (tertiary/aromatic N) is 2. The Morgan fingerprint density at radius 3 is 2.78 bits per heavy atom. The van der Waals surface area contributed by atoms with Crippen molar-refractivity contribution in [3.05, 3.63) is 27.9 Å². The molecule has 0 aliphatic rings. The monoisotopic (exact) mass is 271 g/mol. The molecular formula is C11H17N3O3S. The number of aliphatic hydroxyl groups is 1. The van der Waals surface area contributed by atoms with Gasteiger partial charge in [-0.3, -0.25) is 10.1 Å². The molecular weight excluding hydrogens is 254 g/mol. The Morgan fingerprint density at radius 1 is 1.67 bits per heavy atom. The molecule has 18 heavy (non-hydrogen) atoms. The number of pyridine rings is 1. The third kappa shape index (κ3) is 3.58. The summed E-state index contributed by atoms with van der Waals surface area (Å²) in [5.74, 6) is 0.582. The topological polar surface area (TPSA) is 88.3 Å². The van der Waals surface area contributed by atoms with Crippen LogP contribution in [0.4, 0.5) is 11.5 Å². The first-order valence-corrected chi connectivity index (χ1v) is 6.79. The highest BCUT2D eigenvalue weighted by atomic mass is 32.2. The van der Waals surface area contributed by atoms with Crippen LogP contribution in [0.25, 0.3) is 0 Å². The van der Waals surface area contributed by atoms with Gasteiger partial charge in [-0.2, -0.15) is 11.8 Å². The molecule has 1 aromatic heterocycles. The van der Waals surface area contributed by atoms with Gasteiger partial charge in [-0.1, -0.05) is 0 Å². The number of hydrogen-bond donors (Lipinski definition) is 2. The van der Waals surface area contributed by atoms with E-state index in [1.165, 1.54) is 6.20 Å². The number of nitro groups is 1. The molecule has 100 valence electrons. The fourth-order valence-corrected chi connectivity index (χ4v) is 2.21. The van der Waals surface area contributed by atoms with Crippen LogP contribution in [0.3, 0.4) is 0 Å². The Kier molecular flexibility index (Phi) is 5.36. The molecule has 0 aliphatic heterocycles. The minimum atomic E-state index is -0.450. The lowest BCUT2D eigenvalue weighted by Crippen LogP contribution is -2.31. The number of rotatable bonds is 6. The van der Waals surface area contributed by atoms with Crippen LogP contribution in [-0.4, -0.2) is 39.2 Å². The van der Waals surface area contributed by atoms with Crippen molar-refractivity contribution in [3.8, 4) is 0 Å². The molecule has 2 atom stereocenters. The molecule has 7 heteroatoms. The van der Waals surface area contributed by atoms with E-state index in [1.807, 2.05) is 13.2 Å². The summed E-state index contributed by atoms with van der Waals surface area (Å²) >= 11 is 1.56. The van der Waals surface area contributed by atoms with Crippen LogP contribution < -0.4 is 5.32 Å². The van der Waals surface area contributed by atoms with Crippen molar-refractivity contribution in [1.82, 2.24) is 4.98 Å². The Hall–Kier alpha value is -1.34. The fourth-order valence-electron chi connectivity index (χ4n) is 1.58. The second-order valence-corrected chi connectivity index (χ2v) is 5.08. The van der Waals surface area contributed by atoms with Crippen molar-refractivity contribution in [2.75, 3.05) is 18.2 Å². The van der Waals surface area contributed by atoms with Gasteiger partial charge in [0.25, 0.3) is 5.69 Å². The van der Waals surface area contributed by atoms with E-state index in [0.717, 1.165) is 0 Å². The zero-order chi connectivity index (χ0) is 13.7. The lowest BCUT2D eigenvalue weighted by Gasteiger charge is -2.21. The predicted octanol–water partition coefficient (Wildman–Crippen LogP) is 1.82. The first kappa shape index (κ1) is 14.7. The van der Waals surface area contributed by atoms with E-state index >= 15 is 0 Å². The van der Waals surface area contributed by atoms with Crippen LogP contribution in [0, 0.1) is 17.0 Å². The summed E-state index contributed by atoms with van der Waals surface area (Å²) in [6, 6.07) is 1.67. The average Bonchev–Trinajstić information content (AvgIpc) is 2.30. The average molecular weight is 271 g/mol. The molecule has 6 nitrogen and oxygen atoms in total. The van der Waals surface area contributed by atoms with E-state index in [0.29, 0.717) is 11.4 Å². The van der Waals surface area contributed by atoms with Crippen molar-refractivity contribution in [3.63, 3.8) is 0 Å². The Labute approximate surface area is 110 Å². The first-order chi connectivity index (χ1) is 8.49. The van der Waals surface area contributed by atoms with Gasteiger partial charge in [0.15, 0.2) is 0 Å². The van der Waals surface area contributed by atoms with Gasteiger partial charge in [-0.25, -0.2) is 4.98 Å². The highest BCUT2D eigenvalue weighted by Crippen LogP contribution is 2.20. The van der Waals surface area contributed by atoms with E-state index in [2.05, 4.69) is 10.3 Å². The van der Waals surface area contributed by atoms with Gasteiger partial charge < -0.3 is 10.4 Å². The summed E-state index contributed by atoms with van der Waals surface area (Å²) < 4.78 is 0. The largest absolute Gasteiger partial charge is 0.395 e. The summed E-state index contributed by atoms with van der Waals surface area (Å²) in [6.45, 7) is 3.69. The molecule has 2 unspecified atom stereocenters. The molecule has 0 saturated carbocycles. The molecule has 1 rings (SSSR count). The third-order valence-corrected chi connectivity index (χ3v) is 3.86. The Balaban J connectivity index is 2.80. The van der Waals surface area contributed by atoms with Gasteiger partial charge in [0.2, 0.25) is 0 Å². The maximum Gasteiger partial charge on any atom is 0.290 e. The van der Waals surface area contributed by atoms with E-state index in [4.69, 9.17) is 0 Å². The zero-order valence-corrected chi connectivity index (χ0v) is 11.4. The van der Waals surface area contributed by atoms with E-state index in [-0.39, 0.29) is 23.6 Å². The maximum absolute atomic E-state index is 10.7. The molecule has 0 bridgehead atoms. The second kappa shape index (κ2) is 6.55. The quantitative estimate of drug-likeness (QED) is 0.606. The summed E-state index contributed by atoms with van der Waals surface area (Å²) in [6.07, 6.45) is 3.17. The zero-order valence-electron chi connectivity index (χ0n) is 10.6. The number of aryl methyl sites for hydroxylation is 1. The standard InChI is InChI=1S/C11H17N3O3S/c1-7-4-11(12-5-9(7)14(16)17)13-8(2)10(6-15)18-3/h4-5,8,10,15H,6H2,1-3H3,(H,12,13). The maximum atomic E-state index is 10.7. The molecule has 1 aromatic rings. The number of aliphatic hydroxyl groups excluding tert-OH is 1. The van der Waals surface area contributed by atoms with Crippen LogP contribution in [0.15, 0.2) is 12.3 Å². The van der Waals surface area contributed by atoms with Crippen molar-refractivity contribution >= 4 is 23.3 Å². The molecule has 0 spiro atoms. The molecule has 0 saturated heterocycles. The molecule has 0 radical (unpaired) electrons. The number of hydrogen-bond acceptors (Lipinski definition) is 6. The molecule has 0 fully saturated rings. The number of aromatic nitrogens is 1. The molecule has 0 aliphatic carbocycles. The molecule has 0 amide bonds. The first-order valence-electron chi connectivity index (χ1n) is 5.50. The SMILES string of the molecule is CSC(CO)C(C)Nc1cc(C)c([N+](=O)[O-])cn1. The van der Waals surface area contributed by atoms with Crippen molar-refractivity contribution in [1.29, 1.82) is 0 Å². The van der Waals surface area contributed by atoms with Crippen molar-refractivity contribution in [2.45, 2.75) is 25.1 Å². The van der Waals surface area contributed by atoms with Crippen LogP contribution in [0.1, 0.15) is 12.5 Å². The van der Waals surface area contributed by atoms with Gasteiger partial charge in [0.05, 0.1) is 11.5 Å². The predicted molar refractivity (Wildman–Crippen MR) is 73.1 cm³/mol. The van der Waals surface area contributed by atoms with E-state index in [1.54, 1.807) is 24.8 Å². The highest BCUT2D eigenvalue weighted by Gasteiger charge is 2.17. The van der Waals surface area contributed by atoms with E-state index < -0.39 is 4.92 Å². The van der Waals surface area contributed by atoms with Gasteiger partial charge in [-0.15, -0.1) is 0 Å². The summed E-state index contributed by atoms with van der Waals surface area (Å²) in [5.41, 5.74) is 0.575. The van der Waals surface area contributed by atoms with Crippen LogP contribution in [0.2, 0.25) is 0 Å². The van der Waals surface area contributed by atoms with Crippen LogP contribution in [0.5, 0.6) is 0 Å². The summed E-state index contributed by atoms with van der Waals surface area (Å²) in [4.78, 5) is 14.2. The van der Waals surface area contributed by atoms with Crippen molar-refractivity contribution in [2.24, 2.45) is 0 Å². The normalized spacial score (nSPS) is 14.0. The smallest absolute Gasteiger partial charge is 0.290 e. The molecule has 2 N–H and O–H groups in total. The minimum absolute atomic E-state index is 0.0109. The van der Waals surface area contributed by atoms with Gasteiger partial charge in [0.1, 0.15) is 12.0 Å². The fraction of sp³-hybridized carbons (Fsp3) is 0.545. The lowest BCUT2D eigenvalue weighted by molar-refractivity contribution is -0.385. The van der Waals surface area contributed by atoms with Crippen LogP contribution in [-0.2, 0) is 0 Å². The van der Waals surface area contributed by atoms with Gasteiger partial charge in [-0.05, 0) is 26.2 Å². The minimum Gasteiger partial charge on any atom is -0.395 e. The van der Waals surface area contributed by atoms with Gasteiger partial charge in [0, 0.05) is 16.9 Å². The summed E-state index contributed by atoms with van der Waals surface area (Å²) in [5, 5.41) is 23.0. The Bertz CT molecular complexity index is 424. The third-order valence-electron chi connectivity index (χ3n) is 2.70. The lowest BCUT2D eigenvalue weighted by atomic mass is 10.2. The number of nitrogens with one attached hydrogen (secondary N) is 1. The van der Waals surface area contributed by atoms with E-state index in [9.17, 15) is 15.2 Å². The molecule has 0 aromatic carbocycles. The van der Waals surface area contributed by atoms with Crippen LogP contribution >= 0.6 is 11.8 Å².